The first kappa shape index (κ1) is 20.7. The Balaban J connectivity index is 1.88. The number of nitrogens with two attached hydrogens (primary N) is 2. The predicted octanol–water partition coefficient (Wildman–Crippen LogP) is 3.08. The Hall–Kier alpha value is -4.59. The lowest BCUT2D eigenvalue weighted by Crippen LogP contribution is -2.10. The molecule has 0 saturated heterocycles. The Morgan fingerprint density at radius 3 is 1.53 bits per heavy atom. The van der Waals surface area contributed by atoms with Crippen LogP contribution in [0.25, 0.3) is 34.2 Å². The molecule has 32 heavy (non-hydrogen) atoms. The molecule has 0 aliphatic carbocycles. The minimum absolute atomic E-state index is 0.0428. The van der Waals surface area contributed by atoms with Crippen LogP contribution in [0.4, 0.5) is 0 Å². The van der Waals surface area contributed by atoms with E-state index in [1.54, 1.807) is 60.7 Å². The fourth-order valence-electron chi connectivity index (χ4n) is 3.15. The van der Waals surface area contributed by atoms with E-state index in [-0.39, 0.29) is 11.6 Å². The molecule has 3 aromatic carbocycles. The summed E-state index contributed by atoms with van der Waals surface area (Å²) in [6.45, 7) is 1.87. The average Bonchev–Trinajstić information content (AvgIpc) is 2.79. The monoisotopic (exact) mass is 425 g/mol. The van der Waals surface area contributed by atoms with E-state index in [0.717, 1.165) is 5.56 Å². The van der Waals surface area contributed by atoms with Crippen LogP contribution in [0.2, 0.25) is 0 Å². The molecule has 0 radical (unpaired) electrons. The molecule has 0 fully saturated rings. The highest BCUT2D eigenvalue weighted by atomic mass is 16.3. The number of primary amides is 2. The van der Waals surface area contributed by atoms with Gasteiger partial charge in [0.05, 0.1) is 5.56 Å². The van der Waals surface area contributed by atoms with E-state index in [1.165, 1.54) is 0 Å². The third-order valence-electron chi connectivity index (χ3n) is 4.88. The number of carbonyl (C=O) groups is 2. The Kier molecular flexibility index (Phi) is 5.34. The maximum atomic E-state index is 11.4. The van der Waals surface area contributed by atoms with E-state index >= 15 is 0 Å². The second-order valence-corrected chi connectivity index (χ2v) is 7.21. The number of aromatic nitrogens is 3. The SMILES string of the molecule is Cc1ccc(-c2nc(-c3ccc(C(N)=O)cc3)nc(-c3ccc(C(N)=O)cc3)n2)c(O)c1. The summed E-state index contributed by atoms with van der Waals surface area (Å²) in [6.07, 6.45) is 0. The summed E-state index contributed by atoms with van der Waals surface area (Å²) in [5.74, 6) is -0.0537. The second kappa shape index (κ2) is 8.27. The highest BCUT2D eigenvalue weighted by Gasteiger charge is 2.15. The summed E-state index contributed by atoms with van der Waals surface area (Å²) in [7, 11) is 0. The largest absolute Gasteiger partial charge is 0.507 e. The molecule has 2 amide bonds. The van der Waals surface area contributed by atoms with Gasteiger partial charge in [-0.1, -0.05) is 30.3 Å². The number of phenolic OH excluding ortho intramolecular Hbond substituents is 1. The molecule has 0 unspecified atom stereocenters. The summed E-state index contributed by atoms with van der Waals surface area (Å²) in [5, 5.41) is 10.5. The molecule has 4 aromatic rings. The van der Waals surface area contributed by atoms with Crippen LogP contribution in [-0.2, 0) is 0 Å². The van der Waals surface area contributed by atoms with E-state index in [4.69, 9.17) is 11.5 Å². The van der Waals surface area contributed by atoms with Gasteiger partial charge in [-0.15, -0.1) is 0 Å². The van der Waals surface area contributed by atoms with Crippen molar-refractivity contribution in [2.45, 2.75) is 6.92 Å². The first-order valence-corrected chi connectivity index (χ1v) is 9.68. The standard InChI is InChI=1S/C24H19N5O3/c1-13-2-11-18(19(30)12-13)24-28-22(16-7-3-14(4-8-16)20(25)31)27-23(29-24)17-9-5-15(6-10-17)21(26)32/h2-12,30H,1H3,(H2,25,31)(H2,26,32). The molecule has 4 rings (SSSR count). The van der Waals surface area contributed by atoms with E-state index in [0.29, 0.717) is 39.5 Å². The molecular weight excluding hydrogens is 406 g/mol. The summed E-state index contributed by atoms with van der Waals surface area (Å²) in [5.41, 5.74) is 14.0. The summed E-state index contributed by atoms with van der Waals surface area (Å²) >= 11 is 0. The van der Waals surface area contributed by atoms with Crippen molar-refractivity contribution >= 4 is 11.8 Å². The molecular formula is C24H19N5O3. The van der Waals surface area contributed by atoms with Gasteiger partial charge >= 0.3 is 0 Å². The molecule has 5 N–H and O–H groups in total. The van der Waals surface area contributed by atoms with Crippen LogP contribution < -0.4 is 11.5 Å². The summed E-state index contributed by atoms with van der Waals surface area (Å²) in [4.78, 5) is 36.4. The predicted molar refractivity (Wildman–Crippen MR) is 120 cm³/mol. The minimum Gasteiger partial charge on any atom is -0.507 e. The van der Waals surface area contributed by atoms with Gasteiger partial charge in [0.1, 0.15) is 5.75 Å². The average molecular weight is 425 g/mol. The Bertz CT molecular complexity index is 1260. The minimum atomic E-state index is -0.535. The number of hydrogen-bond donors (Lipinski definition) is 3. The van der Waals surface area contributed by atoms with Gasteiger partial charge in [0.2, 0.25) is 11.8 Å². The maximum Gasteiger partial charge on any atom is 0.248 e. The third-order valence-corrected chi connectivity index (χ3v) is 4.88. The lowest BCUT2D eigenvalue weighted by atomic mass is 10.1. The number of phenols is 1. The fraction of sp³-hybridized carbons (Fsp3) is 0.0417. The van der Waals surface area contributed by atoms with Crippen molar-refractivity contribution in [3.8, 4) is 39.9 Å². The van der Waals surface area contributed by atoms with Gasteiger partial charge in [0, 0.05) is 22.3 Å². The van der Waals surface area contributed by atoms with Crippen molar-refractivity contribution in [2.75, 3.05) is 0 Å². The van der Waals surface area contributed by atoms with Crippen LogP contribution >= 0.6 is 0 Å². The number of benzene rings is 3. The molecule has 8 nitrogen and oxygen atoms in total. The quantitative estimate of drug-likeness (QED) is 0.448. The lowest BCUT2D eigenvalue weighted by Gasteiger charge is -2.10. The number of rotatable bonds is 5. The summed E-state index contributed by atoms with van der Waals surface area (Å²) < 4.78 is 0. The first-order valence-electron chi connectivity index (χ1n) is 9.68. The van der Waals surface area contributed by atoms with E-state index < -0.39 is 11.8 Å². The number of amides is 2. The fourth-order valence-corrected chi connectivity index (χ4v) is 3.15. The Morgan fingerprint density at radius 1 is 0.688 bits per heavy atom. The Labute approximate surface area is 183 Å². The number of aromatic hydroxyl groups is 1. The second-order valence-electron chi connectivity index (χ2n) is 7.21. The van der Waals surface area contributed by atoms with Crippen molar-refractivity contribution in [1.29, 1.82) is 0 Å². The van der Waals surface area contributed by atoms with Crippen LogP contribution in [0, 0.1) is 6.92 Å². The van der Waals surface area contributed by atoms with Gasteiger partial charge in [-0.3, -0.25) is 9.59 Å². The van der Waals surface area contributed by atoms with Gasteiger partial charge in [-0.2, -0.15) is 0 Å². The molecule has 1 heterocycles. The number of carbonyl (C=O) groups excluding carboxylic acids is 2. The zero-order valence-electron chi connectivity index (χ0n) is 17.1. The van der Waals surface area contributed by atoms with E-state index in [9.17, 15) is 14.7 Å². The highest BCUT2D eigenvalue weighted by molar-refractivity contribution is 5.93. The van der Waals surface area contributed by atoms with Gasteiger partial charge in [0.25, 0.3) is 0 Å². The third kappa shape index (κ3) is 4.15. The molecule has 0 aliphatic heterocycles. The zero-order chi connectivity index (χ0) is 22.8. The summed E-state index contributed by atoms with van der Waals surface area (Å²) in [6, 6.07) is 18.3. The van der Waals surface area contributed by atoms with Crippen LogP contribution in [0.3, 0.4) is 0 Å². The normalized spacial score (nSPS) is 10.7. The molecule has 8 heteroatoms. The van der Waals surface area contributed by atoms with Crippen molar-refractivity contribution in [3.63, 3.8) is 0 Å². The zero-order valence-corrected chi connectivity index (χ0v) is 17.1. The van der Waals surface area contributed by atoms with E-state index in [2.05, 4.69) is 15.0 Å². The van der Waals surface area contributed by atoms with Crippen molar-refractivity contribution in [1.82, 2.24) is 15.0 Å². The van der Waals surface area contributed by atoms with Gasteiger partial charge in [0.15, 0.2) is 17.5 Å². The van der Waals surface area contributed by atoms with Crippen molar-refractivity contribution < 1.29 is 14.7 Å². The van der Waals surface area contributed by atoms with Gasteiger partial charge in [-0.05, 0) is 48.9 Å². The molecule has 0 spiro atoms. The molecule has 0 bridgehead atoms. The number of hydrogen-bond acceptors (Lipinski definition) is 6. The smallest absolute Gasteiger partial charge is 0.248 e. The highest BCUT2D eigenvalue weighted by Crippen LogP contribution is 2.30. The van der Waals surface area contributed by atoms with Crippen LogP contribution in [-0.4, -0.2) is 31.9 Å². The first-order chi connectivity index (χ1) is 15.3. The maximum absolute atomic E-state index is 11.4. The molecule has 158 valence electrons. The van der Waals surface area contributed by atoms with Crippen LogP contribution in [0.1, 0.15) is 26.3 Å². The number of nitrogens with zero attached hydrogens (tertiary/aromatic N) is 3. The Morgan fingerprint density at radius 2 is 1.12 bits per heavy atom. The van der Waals surface area contributed by atoms with Gasteiger partial charge < -0.3 is 16.6 Å². The van der Waals surface area contributed by atoms with E-state index in [1.807, 2.05) is 13.0 Å². The molecule has 0 aliphatic rings. The lowest BCUT2D eigenvalue weighted by molar-refractivity contribution is 0.0992. The van der Waals surface area contributed by atoms with Crippen molar-refractivity contribution in [2.24, 2.45) is 11.5 Å². The van der Waals surface area contributed by atoms with Crippen LogP contribution in [0.15, 0.2) is 66.7 Å². The molecule has 0 saturated carbocycles. The van der Waals surface area contributed by atoms with Crippen LogP contribution in [0.5, 0.6) is 5.75 Å². The topological polar surface area (TPSA) is 145 Å². The van der Waals surface area contributed by atoms with Crippen molar-refractivity contribution in [3.05, 3.63) is 83.4 Å². The van der Waals surface area contributed by atoms with Gasteiger partial charge in [-0.25, -0.2) is 15.0 Å². The molecule has 1 aromatic heterocycles. The number of aryl methyl sites for hydroxylation is 1. The molecule has 0 atom stereocenters.